The van der Waals surface area contributed by atoms with E-state index in [1.165, 1.54) is 10.9 Å². The topological polar surface area (TPSA) is 60.2 Å². The van der Waals surface area contributed by atoms with Gasteiger partial charge in [-0.25, -0.2) is 0 Å². The minimum atomic E-state index is 0.176. The Morgan fingerprint density at radius 3 is 2.73 bits per heavy atom. The molecule has 1 aliphatic rings. The van der Waals surface area contributed by atoms with Crippen LogP contribution in [-0.2, 0) is 11.2 Å². The van der Waals surface area contributed by atoms with Crippen LogP contribution >= 0.6 is 0 Å². The first-order chi connectivity index (χ1) is 12.9. The van der Waals surface area contributed by atoms with Crippen molar-refractivity contribution in [1.82, 2.24) is 9.97 Å². The number of rotatable bonds is 4. The highest BCUT2D eigenvalue weighted by Crippen LogP contribution is 2.27. The molecule has 1 saturated heterocycles. The summed E-state index contributed by atoms with van der Waals surface area (Å²) in [6.07, 6.45) is 2.82. The number of hydrogen-bond acceptors (Lipinski definition) is 5. The maximum atomic E-state index is 5.81. The van der Waals surface area contributed by atoms with Gasteiger partial charge in [0.1, 0.15) is 5.52 Å². The Hall–Kier alpha value is -2.92. The van der Waals surface area contributed by atoms with Gasteiger partial charge in [0.25, 0.3) is 6.01 Å². The van der Waals surface area contributed by atoms with Crippen LogP contribution in [0.4, 0.5) is 6.01 Å². The first-order valence-electron chi connectivity index (χ1n) is 8.89. The number of nitrogens with zero attached hydrogens (tertiary/aromatic N) is 2. The molecule has 0 amide bonds. The van der Waals surface area contributed by atoms with Crippen molar-refractivity contribution in [2.24, 2.45) is 5.92 Å². The Labute approximate surface area is 151 Å². The van der Waals surface area contributed by atoms with Gasteiger partial charge in [0.05, 0.1) is 24.8 Å². The van der Waals surface area contributed by atoms with Crippen LogP contribution in [0.25, 0.3) is 22.0 Å². The Balaban J connectivity index is 1.38. The number of fused-ring (bicyclic) bond motifs is 2. The molecule has 0 unspecified atom stereocenters. The van der Waals surface area contributed by atoms with Crippen molar-refractivity contribution >= 4 is 28.0 Å². The number of hydrogen-bond donors (Lipinski definition) is 1. The van der Waals surface area contributed by atoms with Gasteiger partial charge in [-0.3, -0.25) is 4.98 Å². The molecule has 5 rings (SSSR count). The first-order valence-corrected chi connectivity index (χ1v) is 8.89. The standard InChI is InChI=1S/C21H19N3O2/c1-2-6-17-16(5-1)14(9-10-22-17)11-15-12-25-13-19(15)24-21-23-18-7-3-4-8-20(18)26-21/h1-10,15,19H,11-13H2,(H,23,24)/t15-,19-/m1/s1. The van der Waals surface area contributed by atoms with Crippen LogP contribution in [-0.4, -0.2) is 29.2 Å². The van der Waals surface area contributed by atoms with Crippen molar-refractivity contribution in [2.45, 2.75) is 12.5 Å². The predicted octanol–water partition coefficient (Wildman–Crippen LogP) is 4.05. The van der Waals surface area contributed by atoms with Crippen molar-refractivity contribution in [3.63, 3.8) is 0 Å². The number of para-hydroxylation sites is 3. The van der Waals surface area contributed by atoms with E-state index < -0.39 is 0 Å². The third-order valence-electron chi connectivity index (χ3n) is 5.02. The number of oxazole rings is 1. The van der Waals surface area contributed by atoms with Crippen molar-refractivity contribution in [3.8, 4) is 0 Å². The summed E-state index contributed by atoms with van der Waals surface area (Å²) < 4.78 is 11.6. The minimum absolute atomic E-state index is 0.176. The van der Waals surface area contributed by atoms with E-state index in [2.05, 4.69) is 39.6 Å². The lowest BCUT2D eigenvalue weighted by molar-refractivity contribution is 0.185. The van der Waals surface area contributed by atoms with E-state index in [0.717, 1.165) is 29.6 Å². The molecular formula is C21H19N3O2. The highest BCUT2D eigenvalue weighted by atomic mass is 16.5. The lowest BCUT2D eigenvalue weighted by Crippen LogP contribution is -2.29. The molecule has 0 saturated carbocycles. The molecule has 2 aromatic carbocycles. The number of pyridine rings is 1. The normalized spacial score (nSPS) is 20.0. The van der Waals surface area contributed by atoms with E-state index in [0.29, 0.717) is 18.5 Å². The van der Waals surface area contributed by atoms with Crippen molar-refractivity contribution in [1.29, 1.82) is 0 Å². The van der Waals surface area contributed by atoms with E-state index in [-0.39, 0.29) is 6.04 Å². The second-order valence-electron chi connectivity index (χ2n) is 6.73. The third-order valence-corrected chi connectivity index (χ3v) is 5.02. The molecule has 1 N–H and O–H groups in total. The largest absolute Gasteiger partial charge is 0.424 e. The summed E-state index contributed by atoms with van der Waals surface area (Å²) in [6.45, 7) is 1.39. The Bertz CT molecular complexity index is 1020. The average Bonchev–Trinajstić information content (AvgIpc) is 3.28. The number of anilines is 1. The molecular weight excluding hydrogens is 326 g/mol. The second kappa shape index (κ2) is 6.42. The van der Waals surface area contributed by atoms with Gasteiger partial charge in [-0.05, 0) is 36.2 Å². The van der Waals surface area contributed by atoms with Crippen LogP contribution in [0.5, 0.6) is 0 Å². The van der Waals surface area contributed by atoms with Gasteiger partial charge in [0.2, 0.25) is 0 Å². The van der Waals surface area contributed by atoms with E-state index in [1.807, 2.05) is 36.5 Å². The van der Waals surface area contributed by atoms with Crippen LogP contribution in [0.15, 0.2) is 65.2 Å². The SMILES string of the molecule is c1ccc2oc(N[C@@H]3COC[C@H]3Cc3ccnc4ccccc34)nc2c1. The Morgan fingerprint density at radius 2 is 1.81 bits per heavy atom. The predicted molar refractivity (Wildman–Crippen MR) is 101 cm³/mol. The van der Waals surface area contributed by atoms with Crippen LogP contribution in [0.2, 0.25) is 0 Å². The fraction of sp³-hybridized carbons (Fsp3) is 0.238. The molecule has 3 heterocycles. The number of benzene rings is 2. The molecule has 2 aromatic heterocycles. The van der Waals surface area contributed by atoms with Crippen LogP contribution < -0.4 is 5.32 Å². The summed E-state index contributed by atoms with van der Waals surface area (Å²) >= 11 is 0. The minimum Gasteiger partial charge on any atom is -0.424 e. The molecule has 0 spiro atoms. The van der Waals surface area contributed by atoms with E-state index in [9.17, 15) is 0 Å². The number of ether oxygens (including phenoxy) is 1. The molecule has 26 heavy (non-hydrogen) atoms. The smallest absolute Gasteiger partial charge is 0.295 e. The zero-order chi connectivity index (χ0) is 17.3. The van der Waals surface area contributed by atoms with Crippen molar-refractivity contribution < 1.29 is 9.15 Å². The van der Waals surface area contributed by atoms with Gasteiger partial charge in [0.15, 0.2) is 5.58 Å². The highest BCUT2D eigenvalue weighted by Gasteiger charge is 2.30. The van der Waals surface area contributed by atoms with E-state index in [4.69, 9.17) is 9.15 Å². The molecule has 5 nitrogen and oxygen atoms in total. The van der Waals surface area contributed by atoms with Gasteiger partial charge in [0, 0.05) is 17.5 Å². The second-order valence-corrected chi connectivity index (χ2v) is 6.73. The first kappa shape index (κ1) is 15.3. The van der Waals surface area contributed by atoms with Gasteiger partial charge in [-0.1, -0.05) is 30.3 Å². The van der Waals surface area contributed by atoms with Gasteiger partial charge < -0.3 is 14.5 Å². The van der Waals surface area contributed by atoms with E-state index in [1.54, 1.807) is 0 Å². The summed E-state index contributed by atoms with van der Waals surface area (Å²) in [5.74, 6) is 0.357. The lowest BCUT2D eigenvalue weighted by atomic mass is 9.93. The third kappa shape index (κ3) is 2.80. The zero-order valence-corrected chi connectivity index (χ0v) is 14.3. The van der Waals surface area contributed by atoms with Crippen molar-refractivity contribution in [2.75, 3.05) is 18.5 Å². The fourth-order valence-electron chi connectivity index (χ4n) is 3.67. The van der Waals surface area contributed by atoms with Crippen LogP contribution in [0.1, 0.15) is 5.56 Å². The Kier molecular flexibility index (Phi) is 3.79. The molecule has 0 radical (unpaired) electrons. The molecule has 0 bridgehead atoms. The summed E-state index contributed by atoms with van der Waals surface area (Å²) in [5.41, 5.74) is 4.00. The van der Waals surface area contributed by atoms with Gasteiger partial charge in [-0.15, -0.1) is 0 Å². The molecule has 5 heteroatoms. The summed E-state index contributed by atoms with van der Waals surface area (Å²) in [5, 5.41) is 4.64. The molecule has 130 valence electrons. The lowest BCUT2D eigenvalue weighted by Gasteiger charge is -2.18. The van der Waals surface area contributed by atoms with Gasteiger partial charge in [-0.2, -0.15) is 4.98 Å². The van der Waals surface area contributed by atoms with E-state index >= 15 is 0 Å². The Morgan fingerprint density at radius 1 is 0.962 bits per heavy atom. The van der Waals surface area contributed by atoms with Crippen LogP contribution in [0, 0.1) is 5.92 Å². The maximum Gasteiger partial charge on any atom is 0.295 e. The number of aromatic nitrogens is 2. The fourth-order valence-corrected chi connectivity index (χ4v) is 3.67. The quantitative estimate of drug-likeness (QED) is 0.605. The van der Waals surface area contributed by atoms with Crippen LogP contribution in [0.3, 0.4) is 0 Å². The van der Waals surface area contributed by atoms with Gasteiger partial charge >= 0.3 is 0 Å². The zero-order valence-electron chi connectivity index (χ0n) is 14.3. The summed E-state index contributed by atoms with van der Waals surface area (Å²) in [7, 11) is 0. The average molecular weight is 345 g/mol. The monoisotopic (exact) mass is 345 g/mol. The molecule has 2 atom stereocenters. The number of nitrogens with one attached hydrogen (secondary N) is 1. The molecule has 4 aromatic rings. The molecule has 1 aliphatic heterocycles. The molecule has 1 fully saturated rings. The summed E-state index contributed by atoms with van der Waals surface area (Å²) in [4.78, 5) is 8.98. The summed E-state index contributed by atoms with van der Waals surface area (Å²) in [6, 6.07) is 18.9. The molecule has 0 aliphatic carbocycles. The highest BCUT2D eigenvalue weighted by molar-refractivity contribution is 5.81. The van der Waals surface area contributed by atoms with Crippen molar-refractivity contribution in [3.05, 3.63) is 66.4 Å². The maximum absolute atomic E-state index is 5.81.